The van der Waals surface area contributed by atoms with E-state index in [1.807, 2.05) is 18.2 Å². The molecule has 0 radical (unpaired) electrons. The summed E-state index contributed by atoms with van der Waals surface area (Å²) in [5.41, 5.74) is 1.80. The van der Waals surface area contributed by atoms with Gasteiger partial charge in [0.1, 0.15) is 5.82 Å². The predicted octanol–water partition coefficient (Wildman–Crippen LogP) is 4.07. The van der Waals surface area contributed by atoms with Crippen molar-refractivity contribution in [3.05, 3.63) is 65.5 Å². The van der Waals surface area contributed by atoms with Crippen LogP contribution in [0, 0.1) is 11.7 Å². The highest BCUT2D eigenvalue weighted by Gasteiger charge is 2.23. The molecule has 1 amide bonds. The van der Waals surface area contributed by atoms with Crippen LogP contribution in [-0.2, 0) is 9.53 Å². The highest BCUT2D eigenvalue weighted by Crippen LogP contribution is 2.29. The van der Waals surface area contributed by atoms with E-state index in [9.17, 15) is 9.18 Å². The molecule has 1 N–H and O–H groups in total. The average molecular weight is 457 g/mol. The molecule has 1 saturated heterocycles. The molecule has 0 saturated carbocycles. The van der Waals surface area contributed by atoms with Crippen molar-refractivity contribution in [3.8, 4) is 11.5 Å². The molecule has 3 rings (SSSR count). The van der Waals surface area contributed by atoms with E-state index < -0.39 is 0 Å². The Morgan fingerprint density at radius 3 is 2.55 bits per heavy atom. The molecule has 0 bridgehead atoms. The van der Waals surface area contributed by atoms with Gasteiger partial charge in [-0.15, -0.1) is 0 Å². The molecular formula is C26H33FN2O4. The van der Waals surface area contributed by atoms with E-state index in [2.05, 4.69) is 24.1 Å². The molecule has 1 fully saturated rings. The van der Waals surface area contributed by atoms with Gasteiger partial charge in [-0.3, -0.25) is 9.69 Å². The lowest BCUT2D eigenvalue weighted by Gasteiger charge is -2.34. The average Bonchev–Trinajstić information content (AvgIpc) is 2.83. The van der Waals surface area contributed by atoms with Crippen molar-refractivity contribution in [1.29, 1.82) is 0 Å². The number of carbonyl (C=O) groups is 1. The van der Waals surface area contributed by atoms with Crippen LogP contribution in [0.2, 0.25) is 0 Å². The van der Waals surface area contributed by atoms with Gasteiger partial charge >= 0.3 is 0 Å². The zero-order valence-electron chi connectivity index (χ0n) is 19.6. The molecule has 0 aromatic heterocycles. The highest BCUT2D eigenvalue weighted by atomic mass is 19.1. The van der Waals surface area contributed by atoms with E-state index in [-0.39, 0.29) is 17.8 Å². The maximum Gasteiger partial charge on any atom is 0.244 e. The highest BCUT2D eigenvalue weighted by molar-refractivity contribution is 5.91. The van der Waals surface area contributed by atoms with Crippen LogP contribution in [0.25, 0.3) is 6.08 Å². The number of morpholine rings is 1. The Hall–Kier alpha value is -2.90. The smallest absolute Gasteiger partial charge is 0.244 e. The van der Waals surface area contributed by atoms with Crippen LogP contribution >= 0.6 is 0 Å². The number of carbonyl (C=O) groups excluding carboxylic acids is 1. The molecular weight excluding hydrogens is 423 g/mol. The summed E-state index contributed by atoms with van der Waals surface area (Å²) >= 11 is 0. The minimum absolute atomic E-state index is 0.0515. The molecule has 1 heterocycles. The number of rotatable bonds is 10. The molecule has 0 aliphatic carbocycles. The predicted molar refractivity (Wildman–Crippen MR) is 127 cm³/mol. The SMILES string of the molecule is COc1cc(/C=C/C(=O)NCC(c2ccc(F)cc2)N2CCOCC2)ccc1OCC(C)C. The van der Waals surface area contributed by atoms with E-state index in [1.54, 1.807) is 25.3 Å². The second-order valence-electron chi connectivity index (χ2n) is 8.41. The quantitative estimate of drug-likeness (QED) is 0.546. The first kappa shape index (κ1) is 24.7. The van der Waals surface area contributed by atoms with Crippen LogP contribution in [0.3, 0.4) is 0 Å². The Morgan fingerprint density at radius 1 is 1.15 bits per heavy atom. The first-order chi connectivity index (χ1) is 16.0. The summed E-state index contributed by atoms with van der Waals surface area (Å²) in [5, 5.41) is 2.98. The van der Waals surface area contributed by atoms with Gasteiger partial charge in [0.15, 0.2) is 11.5 Å². The third-order valence-electron chi connectivity index (χ3n) is 5.40. The van der Waals surface area contributed by atoms with Gasteiger partial charge < -0.3 is 19.5 Å². The van der Waals surface area contributed by atoms with Crippen LogP contribution in [0.15, 0.2) is 48.5 Å². The third-order valence-corrected chi connectivity index (χ3v) is 5.40. The lowest BCUT2D eigenvalue weighted by molar-refractivity contribution is -0.116. The second-order valence-corrected chi connectivity index (χ2v) is 8.41. The molecule has 1 aliphatic rings. The first-order valence-corrected chi connectivity index (χ1v) is 11.3. The summed E-state index contributed by atoms with van der Waals surface area (Å²) < 4.78 is 30.1. The number of halogens is 1. The van der Waals surface area contributed by atoms with Crippen molar-refractivity contribution in [3.63, 3.8) is 0 Å². The Bertz CT molecular complexity index is 924. The van der Waals surface area contributed by atoms with Gasteiger partial charge in [0, 0.05) is 25.7 Å². The lowest BCUT2D eigenvalue weighted by Crippen LogP contribution is -2.43. The monoisotopic (exact) mass is 456 g/mol. The van der Waals surface area contributed by atoms with Crippen LogP contribution in [-0.4, -0.2) is 57.4 Å². The summed E-state index contributed by atoms with van der Waals surface area (Å²) in [6.07, 6.45) is 3.25. The molecule has 1 aliphatic heterocycles. The fourth-order valence-corrected chi connectivity index (χ4v) is 3.62. The number of hydrogen-bond acceptors (Lipinski definition) is 5. The standard InChI is InChI=1S/C26H33FN2O4/c1-19(2)18-33-24-10-4-20(16-25(24)31-3)5-11-26(30)28-17-23(29-12-14-32-15-13-29)21-6-8-22(27)9-7-21/h4-11,16,19,23H,12-15,17-18H2,1-3H3,(H,28,30)/b11-5+. The Morgan fingerprint density at radius 2 is 1.88 bits per heavy atom. The van der Waals surface area contributed by atoms with E-state index in [1.165, 1.54) is 18.2 Å². The summed E-state index contributed by atoms with van der Waals surface area (Å²) in [5.74, 6) is 1.24. The van der Waals surface area contributed by atoms with Crippen molar-refractivity contribution < 1.29 is 23.4 Å². The normalized spacial score (nSPS) is 15.5. The van der Waals surface area contributed by atoms with E-state index in [4.69, 9.17) is 14.2 Å². The first-order valence-electron chi connectivity index (χ1n) is 11.3. The van der Waals surface area contributed by atoms with E-state index in [0.717, 1.165) is 24.2 Å². The maximum atomic E-state index is 13.4. The van der Waals surface area contributed by atoms with Gasteiger partial charge in [0.25, 0.3) is 0 Å². The van der Waals surface area contributed by atoms with Crippen LogP contribution in [0.5, 0.6) is 11.5 Å². The van der Waals surface area contributed by atoms with Crippen molar-refractivity contribution in [2.24, 2.45) is 5.92 Å². The number of methoxy groups -OCH3 is 1. The molecule has 33 heavy (non-hydrogen) atoms. The molecule has 0 spiro atoms. The van der Waals surface area contributed by atoms with E-state index >= 15 is 0 Å². The van der Waals surface area contributed by atoms with Gasteiger partial charge in [-0.25, -0.2) is 4.39 Å². The fourth-order valence-electron chi connectivity index (χ4n) is 3.62. The van der Waals surface area contributed by atoms with Crippen LogP contribution < -0.4 is 14.8 Å². The number of nitrogens with one attached hydrogen (secondary N) is 1. The lowest BCUT2D eigenvalue weighted by atomic mass is 10.0. The molecule has 1 unspecified atom stereocenters. The summed E-state index contributed by atoms with van der Waals surface area (Å²) in [6.45, 7) is 8.00. The minimum Gasteiger partial charge on any atom is -0.493 e. The molecule has 7 heteroatoms. The van der Waals surface area contributed by atoms with E-state index in [0.29, 0.717) is 43.8 Å². The van der Waals surface area contributed by atoms with Crippen LogP contribution in [0.4, 0.5) is 4.39 Å². The number of hydrogen-bond donors (Lipinski definition) is 1. The molecule has 2 aromatic rings. The van der Waals surface area contributed by atoms with Crippen molar-refractivity contribution in [2.75, 3.05) is 46.6 Å². The number of amides is 1. The van der Waals surface area contributed by atoms with Crippen LogP contribution in [0.1, 0.15) is 31.0 Å². The number of ether oxygens (including phenoxy) is 3. The largest absolute Gasteiger partial charge is 0.493 e. The Balaban J connectivity index is 1.62. The van der Waals surface area contributed by atoms with Gasteiger partial charge in [-0.05, 0) is 47.4 Å². The van der Waals surface area contributed by atoms with Gasteiger partial charge in [0.2, 0.25) is 5.91 Å². The topological polar surface area (TPSA) is 60.0 Å². The van der Waals surface area contributed by atoms with Gasteiger partial charge in [-0.2, -0.15) is 0 Å². The summed E-state index contributed by atoms with van der Waals surface area (Å²) in [7, 11) is 1.60. The Labute approximate surface area is 195 Å². The number of benzene rings is 2. The zero-order valence-corrected chi connectivity index (χ0v) is 19.6. The molecule has 2 aromatic carbocycles. The third kappa shape index (κ3) is 7.58. The summed E-state index contributed by atoms with van der Waals surface area (Å²) in [6, 6.07) is 12.0. The fraction of sp³-hybridized carbons (Fsp3) is 0.423. The summed E-state index contributed by atoms with van der Waals surface area (Å²) in [4.78, 5) is 14.8. The number of nitrogens with zero attached hydrogens (tertiary/aromatic N) is 1. The molecule has 6 nitrogen and oxygen atoms in total. The second kappa shape index (κ2) is 12.4. The maximum absolute atomic E-state index is 13.4. The Kier molecular flexibility index (Phi) is 9.27. The van der Waals surface area contributed by atoms with Gasteiger partial charge in [0.05, 0.1) is 33.0 Å². The molecule has 1 atom stereocenters. The molecule has 178 valence electrons. The van der Waals surface area contributed by atoms with Crippen molar-refractivity contribution in [1.82, 2.24) is 10.2 Å². The zero-order chi connectivity index (χ0) is 23.6. The van der Waals surface area contributed by atoms with Gasteiger partial charge in [-0.1, -0.05) is 32.0 Å². The minimum atomic E-state index is -0.275. The van der Waals surface area contributed by atoms with Crippen molar-refractivity contribution in [2.45, 2.75) is 19.9 Å². The van der Waals surface area contributed by atoms with Crippen molar-refractivity contribution >= 4 is 12.0 Å².